The first kappa shape index (κ1) is 16.6. The van der Waals surface area contributed by atoms with Crippen LogP contribution in [0.4, 0.5) is 4.39 Å². The number of amides is 1. The summed E-state index contributed by atoms with van der Waals surface area (Å²) in [5, 5.41) is 0. The van der Waals surface area contributed by atoms with Crippen molar-refractivity contribution >= 4 is 17.7 Å². The van der Waals surface area contributed by atoms with Crippen LogP contribution in [-0.4, -0.2) is 23.6 Å². The van der Waals surface area contributed by atoms with Crippen LogP contribution < -0.4 is 0 Å². The molecule has 1 amide bonds. The summed E-state index contributed by atoms with van der Waals surface area (Å²) in [7, 11) is 1.69. The van der Waals surface area contributed by atoms with Crippen molar-refractivity contribution in [3.05, 3.63) is 71.0 Å². The molecule has 0 aliphatic carbocycles. The van der Waals surface area contributed by atoms with Crippen molar-refractivity contribution in [2.75, 3.05) is 12.8 Å². The van der Waals surface area contributed by atoms with Gasteiger partial charge in [-0.25, -0.2) is 4.39 Å². The summed E-state index contributed by atoms with van der Waals surface area (Å²) in [4.78, 5) is 13.9. The Kier molecular flexibility index (Phi) is 6.01. The number of rotatable bonds is 6. The van der Waals surface area contributed by atoms with E-state index < -0.39 is 0 Å². The molecule has 2 aromatic rings. The summed E-state index contributed by atoms with van der Waals surface area (Å²) in [6.45, 7) is 2.39. The van der Waals surface area contributed by atoms with Gasteiger partial charge in [-0.3, -0.25) is 4.79 Å². The van der Waals surface area contributed by atoms with Gasteiger partial charge in [0.15, 0.2) is 0 Å². The number of benzene rings is 2. The molecule has 0 saturated heterocycles. The normalized spacial score (nSPS) is 10.5. The molecule has 0 radical (unpaired) electrons. The Hall–Kier alpha value is -1.81. The van der Waals surface area contributed by atoms with Crippen LogP contribution >= 0.6 is 11.8 Å². The lowest BCUT2D eigenvalue weighted by molar-refractivity contribution is 0.0784. The van der Waals surface area contributed by atoms with Crippen molar-refractivity contribution < 1.29 is 9.18 Å². The third kappa shape index (κ3) is 4.34. The van der Waals surface area contributed by atoms with Crippen molar-refractivity contribution in [3.8, 4) is 0 Å². The second-order valence-electron chi connectivity index (χ2n) is 5.09. The average molecular weight is 317 g/mol. The van der Waals surface area contributed by atoms with Gasteiger partial charge in [0.2, 0.25) is 0 Å². The zero-order valence-electron chi connectivity index (χ0n) is 12.9. The lowest BCUT2D eigenvalue weighted by Crippen LogP contribution is -2.26. The van der Waals surface area contributed by atoms with Crippen LogP contribution in [-0.2, 0) is 12.3 Å². The Labute approximate surface area is 135 Å². The first-order chi connectivity index (χ1) is 10.6. The van der Waals surface area contributed by atoms with Gasteiger partial charge in [-0.05, 0) is 29.5 Å². The van der Waals surface area contributed by atoms with Crippen LogP contribution in [0.15, 0.2) is 48.5 Å². The van der Waals surface area contributed by atoms with Gasteiger partial charge in [0.05, 0.1) is 0 Å². The number of hydrogen-bond acceptors (Lipinski definition) is 2. The molecule has 0 saturated carbocycles. The van der Waals surface area contributed by atoms with Crippen molar-refractivity contribution in [1.82, 2.24) is 4.90 Å². The standard InChI is InChI=1S/C18H20FNOS/c1-3-22-13-14-8-10-15(11-9-14)18(21)20(2)12-16-6-4-5-7-17(16)19/h4-11H,3,12-13H2,1-2H3. The number of carbonyl (C=O) groups excluding carboxylic acids is 1. The molecule has 0 aromatic heterocycles. The summed E-state index contributed by atoms with van der Waals surface area (Å²) >= 11 is 1.85. The zero-order valence-corrected chi connectivity index (χ0v) is 13.7. The fourth-order valence-electron chi connectivity index (χ4n) is 2.14. The highest BCUT2D eigenvalue weighted by Crippen LogP contribution is 2.15. The molecule has 0 N–H and O–H groups in total. The lowest BCUT2D eigenvalue weighted by atomic mass is 10.1. The number of carbonyl (C=O) groups is 1. The Bertz CT molecular complexity index is 627. The second kappa shape index (κ2) is 7.99. The van der Waals surface area contributed by atoms with E-state index in [9.17, 15) is 9.18 Å². The van der Waals surface area contributed by atoms with Gasteiger partial charge in [0.25, 0.3) is 5.91 Å². The lowest BCUT2D eigenvalue weighted by Gasteiger charge is -2.18. The maximum atomic E-state index is 13.6. The highest BCUT2D eigenvalue weighted by Gasteiger charge is 2.13. The zero-order chi connectivity index (χ0) is 15.9. The molecule has 2 rings (SSSR count). The molecule has 116 valence electrons. The smallest absolute Gasteiger partial charge is 0.253 e. The van der Waals surface area contributed by atoms with Gasteiger partial charge >= 0.3 is 0 Å². The van der Waals surface area contributed by atoms with Crippen molar-refractivity contribution in [3.63, 3.8) is 0 Å². The summed E-state index contributed by atoms with van der Waals surface area (Å²) < 4.78 is 13.6. The SMILES string of the molecule is CCSCc1ccc(C(=O)N(C)Cc2ccccc2F)cc1. The predicted octanol–water partition coefficient (Wildman–Crippen LogP) is 4.35. The molecule has 2 nitrogen and oxygen atoms in total. The minimum absolute atomic E-state index is 0.0991. The molecule has 0 atom stereocenters. The summed E-state index contributed by atoms with van der Waals surface area (Å²) in [5.74, 6) is 1.65. The van der Waals surface area contributed by atoms with Crippen LogP contribution in [0.2, 0.25) is 0 Å². The topological polar surface area (TPSA) is 20.3 Å². The molecule has 0 aliphatic rings. The first-order valence-corrected chi connectivity index (χ1v) is 8.43. The van der Waals surface area contributed by atoms with E-state index in [1.54, 1.807) is 25.2 Å². The van der Waals surface area contributed by atoms with E-state index in [1.807, 2.05) is 36.0 Å². The number of halogens is 1. The Morgan fingerprint density at radius 1 is 1.14 bits per heavy atom. The monoisotopic (exact) mass is 317 g/mol. The van der Waals surface area contributed by atoms with E-state index in [1.165, 1.54) is 16.5 Å². The summed E-state index contributed by atoms with van der Waals surface area (Å²) in [6.07, 6.45) is 0. The van der Waals surface area contributed by atoms with Gasteiger partial charge < -0.3 is 4.90 Å². The highest BCUT2D eigenvalue weighted by molar-refractivity contribution is 7.98. The number of nitrogens with zero attached hydrogens (tertiary/aromatic N) is 1. The van der Waals surface area contributed by atoms with Gasteiger partial charge in [0, 0.05) is 30.5 Å². The van der Waals surface area contributed by atoms with Crippen molar-refractivity contribution in [2.24, 2.45) is 0 Å². The van der Waals surface area contributed by atoms with Crippen molar-refractivity contribution in [2.45, 2.75) is 19.2 Å². The van der Waals surface area contributed by atoms with E-state index >= 15 is 0 Å². The molecular formula is C18H20FNOS. The maximum Gasteiger partial charge on any atom is 0.253 e. The fourth-order valence-corrected chi connectivity index (χ4v) is 2.77. The first-order valence-electron chi connectivity index (χ1n) is 7.27. The largest absolute Gasteiger partial charge is 0.337 e. The molecule has 0 bridgehead atoms. The number of hydrogen-bond donors (Lipinski definition) is 0. The number of thioether (sulfide) groups is 1. The second-order valence-corrected chi connectivity index (χ2v) is 6.36. The Balaban J connectivity index is 2.02. The van der Waals surface area contributed by atoms with E-state index in [-0.39, 0.29) is 18.3 Å². The van der Waals surface area contributed by atoms with Gasteiger partial charge in [-0.15, -0.1) is 0 Å². The Morgan fingerprint density at radius 3 is 2.45 bits per heavy atom. The third-order valence-corrected chi connectivity index (χ3v) is 4.33. The molecule has 2 aromatic carbocycles. The van der Waals surface area contributed by atoms with Gasteiger partial charge in [-0.2, -0.15) is 11.8 Å². The quantitative estimate of drug-likeness (QED) is 0.789. The molecular weight excluding hydrogens is 297 g/mol. The minimum atomic E-state index is -0.283. The minimum Gasteiger partial charge on any atom is -0.337 e. The van der Waals surface area contributed by atoms with Crippen LogP contribution in [0, 0.1) is 5.82 Å². The maximum absolute atomic E-state index is 13.6. The van der Waals surface area contributed by atoms with Crippen molar-refractivity contribution in [1.29, 1.82) is 0 Å². The predicted molar refractivity (Wildman–Crippen MR) is 90.5 cm³/mol. The van der Waals surface area contributed by atoms with E-state index in [4.69, 9.17) is 0 Å². The van der Waals surface area contributed by atoms with Crippen LogP contribution in [0.1, 0.15) is 28.4 Å². The molecule has 0 fully saturated rings. The fraction of sp³-hybridized carbons (Fsp3) is 0.278. The molecule has 0 heterocycles. The highest BCUT2D eigenvalue weighted by atomic mass is 32.2. The van der Waals surface area contributed by atoms with Gasteiger partial charge in [-0.1, -0.05) is 37.3 Å². The summed E-state index contributed by atoms with van der Waals surface area (Å²) in [5.41, 5.74) is 2.36. The van der Waals surface area contributed by atoms with Gasteiger partial charge in [0.1, 0.15) is 5.82 Å². The molecule has 22 heavy (non-hydrogen) atoms. The average Bonchev–Trinajstić information content (AvgIpc) is 2.55. The molecule has 0 aliphatic heterocycles. The molecule has 0 spiro atoms. The van der Waals surface area contributed by atoms with Crippen LogP contribution in [0.3, 0.4) is 0 Å². The van der Waals surface area contributed by atoms with E-state index in [0.717, 1.165) is 11.5 Å². The van der Waals surface area contributed by atoms with Crippen LogP contribution in [0.5, 0.6) is 0 Å². The van der Waals surface area contributed by atoms with E-state index in [0.29, 0.717) is 11.1 Å². The Morgan fingerprint density at radius 2 is 1.82 bits per heavy atom. The molecule has 4 heteroatoms. The molecule has 0 unspecified atom stereocenters. The van der Waals surface area contributed by atoms with E-state index in [2.05, 4.69) is 6.92 Å². The van der Waals surface area contributed by atoms with Crippen LogP contribution in [0.25, 0.3) is 0 Å². The third-order valence-electron chi connectivity index (χ3n) is 3.39. The summed E-state index contributed by atoms with van der Waals surface area (Å²) in [6, 6.07) is 14.2.